The molecule has 1 heterocycles. The molecule has 1 nitrogen and oxygen atoms in total. The fraction of sp³-hybridized carbons (Fsp3) is 0.800. The Morgan fingerprint density at radius 1 is 1.75 bits per heavy atom. The van der Waals surface area contributed by atoms with Gasteiger partial charge in [0, 0.05) is 6.04 Å². The summed E-state index contributed by atoms with van der Waals surface area (Å²) in [4.78, 5) is 0. The van der Waals surface area contributed by atoms with Gasteiger partial charge >= 0.3 is 0 Å². The second-order valence-corrected chi connectivity index (χ2v) is 4.66. The molecule has 2 unspecified atom stereocenters. The monoisotopic (exact) mass is 185 g/mol. The molecule has 1 fully saturated rings. The van der Waals surface area contributed by atoms with Crippen LogP contribution in [0.3, 0.4) is 0 Å². The topological polar surface area (TPSA) is 12.0 Å². The number of nitrogens with one attached hydrogen (secondary N) is 1. The Labute approximate surface area is 80.0 Å². The van der Waals surface area contributed by atoms with Crippen LogP contribution in [-0.4, -0.2) is 24.1 Å². The molecule has 1 aliphatic heterocycles. The molecule has 12 heavy (non-hydrogen) atoms. The van der Waals surface area contributed by atoms with Crippen LogP contribution in [0.5, 0.6) is 0 Å². The second kappa shape index (κ2) is 4.93. The number of thioether (sulfide) groups is 1. The molecule has 0 aromatic rings. The lowest BCUT2D eigenvalue weighted by Crippen LogP contribution is -2.36. The Bertz CT molecular complexity index is 150. The van der Waals surface area contributed by atoms with E-state index in [-0.39, 0.29) is 0 Å². The van der Waals surface area contributed by atoms with Crippen molar-refractivity contribution in [2.24, 2.45) is 5.92 Å². The van der Waals surface area contributed by atoms with E-state index in [4.69, 9.17) is 0 Å². The Kier molecular flexibility index (Phi) is 4.16. The van der Waals surface area contributed by atoms with Crippen LogP contribution in [-0.2, 0) is 0 Å². The molecule has 1 N–H and O–H groups in total. The van der Waals surface area contributed by atoms with E-state index in [0.717, 1.165) is 12.5 Å². The van der Waals surface area contributed by atoms with Gasteiger partial charge in [-0.1, -0.05) is 19.1 Å². The molecule has 0 bridgehead atoms. The molecule has 0 radical (unpaired) electrons. The highest BCUT2D eigenvalue weighted by atomic mass is 32.2. The Balaban J connectivity index is 2.45. The van der Waals surface area contributed by atoms with Crippen molar-refractivity contribution in [2.45, 2.75) is 26.3 Å². The van der Waals surface area contributed by atoms with Gasteiger partial charge in [-0.25, -0.2) is 0 Å². The average Bonchev–Trinajstić information content (AvgIpc) is 2.51. The number of rotatable bonds is 4. The Hall–Kier alpha value is 0.0500. The van der Waals surface area contributed by atoms with Crippen molar-refractivity contribution in [3.8, 4) is 0 Å². The van der Waals surface area contributed by atoms with Crippen LogP contribution < -0.4 is 5.32 Å². The number of likely N-dealkylation sites (N-methyl/N-ethyl adjacent to an activating group) is 1. The molecule has 1 rings (SSSR count). The highest BCUT2D eigenvalue weighted by molar-refractivity contribution is 7.99. The van der Waals surface area contributed by atoms with E-state index in [1.807, 2.05) is 0 Å². The largest absolute Gasteiger partial charge is 0.310 e. The summed E-state index contributed by atoms with van der Waals surface area (Å²) in [7, 11) is 0. The maximum atomic E-state index is 4.05. The summed E-state index contributed by atoms with van der Waals surface area (Å²) in [6.07, 6.45) is 1.36. The molecule has 0 aliphatic carbocycles. The molecular weight excluding hydrogens is 166 g/mol. The summed E-state index contributed by atoms with van der Waals surface area (Å²) >= 11 is 2.07. The van der Waals surface area contributed by atoms with E-state index in [9.17, 15) is 0 Å². The third kappa shape index (κ3) is 2.53. The lowest BCUT2D eigenvalue weighted by atomic mass is 9.94. The molecule has 0 amide bonds. The van der Waals surface area contributed by atoms with Crippen LogP contribution in [0, 0.1) is 5.92 Å². The van der Waals surface area contributed by atoms with E-state index in [0.29, 0.717) is 6.04 Å². The standard InChI is InChI=1S/C10H19NS/c1-4-11-10(8(2)3)9-5-6-12-7-9/h9-11H,2,4-7H2,1,3H3. The maximum absolute atomic E-state index is 4.05. The van der Waals surface area contributed by atoms with Crippen molar-refractivity contribution in [3.05, 3.63) is 12.2 Å². The first kappa shape index (κ1) is 10.1. The molecule has 2 atom stereocenters. The van der Waals surface area contributed by atoms with Gasteiger partial charge in [0.25, 0.3) is 0 Å². The van der Waals surface area contributed by atoms with E-state index < -0.39 is 0 Å². The minimum Gasteiger partial charge on any atom is -0.310 e. The molecule has 2 heteroatoms. The third-order valence-electron chi connectivity index (χ3n) is 2.39. The number of hydrogen-bond acceptors (Lipinski definition) is 2. The zero-order valence-electron chi connectivity index (χ0n) is 8.10. The van der Waals surface area contributed by atoms with E-state index in [2.05, 4.69) is 37.5 Å². The van der Waals surface area contributed by atoms with Crippen molar-refractivity contribution in [1.29, 1.82) is 0 Å². The predicted molar refractivity (Wildman–Crippen MR) is 57.7 cm³/mol. The van der Waals surface area contributed by atoms with Gasteiger partial charge in [0.05, 0.1) is 0 Å². The van der Waals surface area contributed by atoms with Crippen molar-refractivity contribution in [2.75, 3.05) is 18.1 Å². The maximum Gasteiger partial charge on any atom is 0.0310 e. The van der Waals surface area contributed by atoms with Crippen molar-refractivity contribution in [3.63, 3.8) is 0 Å². The zero-order valence-corrected chi connectivity index (χ0v) is 8.91. The van der Waals surface area contributed by atoms with Crippen molar-refractivity contribution in [1.82, 2.24) is 5.32 Å². The lowest BCUT2D eigenvalue weighted by Gasteiger charge is -2.23. The van der Waals surface area contributed by atoms with Crippen LogP contribution in [0.2, 0.25) is 0 Å². The molecule has 0 spiro atoms. The smallest absolute Gasteiger partial charge is 0.0310 e. The van der Waals surface area contributed by atoms with E-state index in [1.54, 1.807) is 0 Å². The average molecular weight is 185 g/mol. The fourth-order valence-electron chi connectivity index (χ4n) is 1.78. The van der Waals surface area contributed by atoms with Crippen LogP contribution >= 0.6 is 11.8 Å². The highest BCUT2D eigenvalue weighted by Crippen LogP contribution is 2.28. The first-order valence-corrected chi connectivity index (χ1v) is 5.87. The van der Waals surface area contributed by atoms with Crippen molar-refractivity contribution >= 4 is 11.8 Å². The summed E-state index contributed by atoms with van der Waals surface area (Å²) in [5.41, 5.74) is 1.30. The van der Waals surface area contributed by atoms with Gasteiger partial charge in [-0.2, -0.15) is 11.8 Å². The van der Waals surface area contributed by atoms with Gasteiger partial charge in [0.15, 0.2) is 0 Å². The van der Waals surface area contributed by atoms with Gasteiger partial charge in [-0.05, 0) is 37.3 Å². The third-order valence-corrected chi connectivity index (χ3v) is 3.58. The normalized spacial score (nSPS) is 25.7. The first-order chi connectivity index (χ1) is 5.75. The lowest BCUT2D eigenvalue weighted by molar-refractivity contribution is 0.435. The van der Waals surface area contributed by atoms with Gasteiger partial charge in [-0.15, -0.1) is 0 Å². The SMILES string of the molecule is C=C(C)C(NCC)C1CCSC1. The number of hydrogen-bond donors (Lipinski definition) is 1. The molecular formula is C10H19NS. The summed E-state index contributed by atoms with van der Waals surface area (Å²) in [5, 5.41) is 3.51. The Morgan fingerprint density at radius 2 is 2.50 bits per heavy atom. The second-order valence-electron chi connectivity index (χ2n) is 3.51. The van der Waals surface area contributed by atoms with Gasteiger partial charge in [-0.3, -0.25) is 0 Å². The molecule has 0 saturated carbocycles. The van der Waals surface area contributed by atoms with Gasteiger partial charge < -0.3 is 5.32 Å². The highest BCUT2D eigenvalue weighted by Gasteiger charge is 2.24. The quantitative estimate of drug-likeness (QED) is 0.674. The van der Waals surface area contributed by atoms with E-state index in [1.165, 1.54) is 23.5 Å². The van der Waals surface area contributed by atoms with Crippen LogP contribution in [0.15, 0.2) is 12.2 Å². The molecule has 0 aromatic carbocycles. The summed E-state index contributed by atoms with van der Waals surface area (Å²) in [5.74, 6) is 3.47. The van der Waals surface area contributed by atoms with Crippen LogP contribution in [0.25, 0.3) is 0 Å². The van der Waals surface area contributed by atoms with Gasteiger partial charge in [0.2, 0.25) is 0 Å². The van der Waals surface area contributed by atoms with E-state index >= 15 is 0 Å². The Morgan fingerprint density at radius 3 is 2.92 bits per heavy atom. The fourth-order valence-corrected chi connectivity index (χ4v) is 3.08. The zero-order chi connectivity index (χ0) is 8.97. The summed E-state index contributed by atoms with van der Waals surface area (Å²) in [6, 6.07) is 0.560. The molecule has 70 valence electrons. The molecule has 1 saturated heterocycles. The van der Waals surface area contributed by atoms with Crippen LogP contribution in [0.1, 0.15) is 20.3 Å². The van der Waals surface area contributed by atoms with Crippen LogP contribution in [0.4, 0.5) is 0 Å². The summed E-state index contributed by atoms with van der Waals surface area (Å²) in [6.45, 7) is 9.40. The molecule has 0 aromatic heterocycles. The first-order valence-electron chi connectivity index (χ1n) is 4.72. The predicted octanol–water partition coefficient (Wildman–Crippen LogP) is 2.29. The van der Waals surface area contributed by atoms with Crippen molar-refractivity contribution < 1.29 is 0 Å². The summed E-state index contributed by atoms with van der Waals surface area (Å²) < 4.78 is 0. The minimum absolute atomic E-state index is 0.560. The minimum atomic E-state index is 0.560. The van der Waals surface area contributed by atoms with Gasteiger partial charge in [0.1, 0.15) is 0 Å². The molecule has 1 aliphatic rings.